The maximum atomic E-state index is 11.1. The summed E-state index contributed by atoms with van der Waals surface area (Å²) in [4.78, 5) is 13.2. The fourth-order valence-electron chi connectivity index (χ4n) is 2.70. The number of nitrogens with one attached hydrogen (secondary N) is 1. The van der Waals surface area contributed by atoms with Crippen LogP contribution in [0.3, 0.4) is 0 Å². The van der Waals surface area contributed by atoms with E-state index in [0.717, 1.165) is 31.5 Å². The molecule has 2 rings (SSSR count). The van der Waals surface area contributed by atoms with Gasteiger partial charge in [-0.15, -0.1) is 0 Å². The molecule has 0 amide bonds. The minimum atomic E-state index is -0.314. The van der Waals surface area contributed by atoms with Crippen molar-refractivity contribution >= 4 is 11.4 Å². The highest BCUT2D eigenvalue weighted by Crippen LogP contribution is 2.27. The van der Waals surface area contributed by atoms with E-state index in [1.165, 1.54) is 0 Å². The number of hydrogen-bond acceptors (Lipinski definition) is 4. The summed E-state index contributed by atoms with van der Waals surface area (Å²) in [6, 6.07) is 6.13. The van der Waals surface area contributed by atoms with Crippen molar-refractivity contribution in [3.63, 3.8) is 0 Å². The first-order chi connectivity index (χ1) is 9.47. The van der Waals surface area contributed by atoms with E-state index in [-0.39, 0.29) is 10.6 Å². The molecule has 5 nitrogen and oxygen atoms in total. The number of nitro benzene ring substituents is 1. The highest BCUT2D eigenvalue weighted by atomic mass is 16.6. The maximum Gasteiger partial charge on any atom is 0.292 e. The molecule has 0 bridgehead atoms. The molecule has 1 fully saturated rings. The smallest absolute Gasteiger partial charge is 0.292 e. The van der Waals surface area contributed by atoms with E-state index in [0.29, 0.717) is 17.8 Å². The fourth-order valence-corrected chi connectivity index (χ4v) is 2.70. The van der Waals surface area contributed by atoms with Crippen LogP contribution >= 0.6 is 0 Å². The van der Waals surface area contributed by atoms with Gasteiger partial charge in [0.2, 0.25) is 0 Å². The average Bonchev–Trinajstić information content (AvgIpc) is 2.39. The lowest BCUT2D eigenvalue weighted by atomic mass is 10.0. The Morgan fingerprint density at radius 3 is 2.55 bits per heavy atom. The molecule has 1 aliphatic rings. The molecular formula is C15H23N3O2. The standard InChI is InChI=1S/C15H23N3O2/c1-11(2)17-8-6-13(7-9-17)16-14-10-12(3)4-5-15(14)18(19)20/h4-5,10-11,13,16H,6-9H2,1-3H3. The molecule has 1 N–H and O–H groups in total. The molecule has 0 saturated carbocycles. The number of aryl methyl sites for hydroxylation is 1. The van der Waals surface area contributed by atoms with Gasteiger partial charge in [-0.3, -0.25) is 10.1 Å². The largest absolute Gasteiger partial charge is 0.377 e. The summed E-state index contributed by atoms with van der Waals surface area (Å²) in [7, 11) is 0. The number of benzene rings is 1. The van der Waals surface area contributed by atoms with Crippen LogP contribution in [0.15, 0.2) is 18.2 Å². The van der Waals surface area contributed by atoms with E-state index in [9.17, 15) is 10.1 Å². The van der Waals surface area contributed by atoms with Gasteiger partial charge in [-0.2, -0.15) is 0 Å². The first-order valence-electron chi connectivity index (χ1n) is 7.23. The Bertz CT molecular complexity index is 480. The van der Waals surface area contributed by atoms with Crippen LogP contribution in [0.2, 0.25) is 0 Å². The van der Waals surface area contributed by atoms with Crippen molar-refractivity contribution in [2.75, 3.05) is 18.4 Å². The van der Waals surface area contributed by atoms with Gasteiger partial charge in [-0.1, -0.05) is 6.07 Å². The highest BCUT2D eigenvalue weighted by Gasteiger charge is 2.23. The number of hydrogen-bond donors (Lipinski definition) is 1. The van der Waals surface area contributed by atoms with Crippen LogP contribution in [0.25, 0.3) is 0 Å². The number of piperidine rings is 1. The quantitative estimate of drug-likeness (QED) is 0.678. The summed E-state index contributed by atoms with van der Waals surface area (Å²) < 4.78 is 0. The van der Waals surface area contributed by atoms with Crippen LogP contribution in [-0.4, -0.2) is 35.0 Å². The first-order valence-corrected chi connectivity index (χ1v) is 7.23. The first kappa shape index (κ1) is 14.8. The summed E-state index contributed by atoms with van der Waals surface area (Å²) in [5.41, 5.74) is 1.86. The Morgan fingerprint density at radius 1 is 1.35 bits per heavy atom. The second-order valence-electron chi connectivity index (χ2n) is 5.83. The van der Waals surface area contributed by atoms with Gasteiger partial charge in [0.05, 0.1) is 4.92 Å². The molecule has 0 aliphatic carbocycles. The molecule has 1 aromatic rings. The molecule has 1 saturated heterocycles. The van der Waals surface area contributed by atoms with Gasteiger partial charge in [-0.25, -0.2) is 0 Å². The molecule has 0 atom stereocenters. The van der Waals surface area contributed by atoms with Gasteiger partial charge >= 0.3 is 0 Å². The number of likely N-dealkylation sites (tertiary alicyclic amines) is 1. The molecule has 20 heavy (non-hydrogen) atoms. The van der Waals surface area contributed by atoms with Crippen LogP contribution in [0.4, 0.5) is 11.4 Å². The van der Waals surface area contributed by atoms with Crippen LogP contribution in [-0.2, 0) is 0 Å². The second-order valence-corrected chi connectivity index (χ2v) is 5.83. The average molecular weight is 277 g/mol. The Labute approximate surface area is 120 Å². The number of nitro groups is 1. The zero-order chi connectivity index (χ0) is 14.7. The molecule has 0 aromatic heterocycles. The fraction of sp³-hybridized carbons (Fsp3) is 0.600. The Kier molecular flexibility index (Phi) is 4.60. The number of anilines is 1. The lowest BCUT2D eigenvalue weighted by Gasteiger charge is -2.35. The van der Waals surface area contributed by atoms with Crippen molar-refractivity contribution in [3.8, 4) is 0 Å². The molecule has 5 heteroatoms. The topological polar surface area (TPSA) is 58.4 Å². The lowest BCUT2D eigenvalue weighted by molar-refractivity contribution is -0.384. The minimum absolute atomic E-state index is 0.168. The SMILES string of the molecule is Cc1ccc([N+](=O)[O-])c(NC2CCN(C(C)C)CC2)c1. The van der Waals surface area contributed by atoms with Gasteiger partial charge in [0.1, 0.15) is 5.69 Å². The van der Waals surface area contributed by atoms with Crippen LogP contribution < -0.4 is 5.32 Å². The molecular weight excluding hydrogens is 254 g/mol. The van der Waals surface area contributed by atoms with Crippen LogP contribution in [0.5, 0.6) is 0 Å². The highest BCUT2D eigenvalue weighted by molar-refractivity contribution is 5.63. The molecule has 1 aliphatic heterocycles. The van der Waals surface area contributed by atoms with Crippen molar-refractivity contribution in [1.82, 2.24) is 4.90 Å². The van der Waals surface area contributed by atoms with E-state index >= 15 is 0 Å². The monoisotopic (exact) mass is 277 g/mol. The van der Waals surface area contributed by atoms with Gasteiger partial charge in [0.25, 0.3) is 5.69 Å². The number of rotatable bonds is 4. The van der Waals surface area contributed by atoms with Gasteiger partial charge in [-0.05, 0) is 45.2 Å². The second kappa shape index (κ2) is 6.22. The van der Waals surface area contributed by atoms with Crippen molar-refractivity contribution in [2.24, 2.45) is 0 Å². The summed E-state index contributed by atoms with van der Waals surface area (Å²) in [6.07, 6.45) is 2.06. The Morgan fingerprint density at radius 2 is 2.00 bits per heavy atom. The van der Waals surface area contributed by atoms with Gasteiger partial charge in [0, 0.05) is 31.2 Å². The zero-order valence-electron chi connectivity index (χ0n) is 12.4. The third-order valence-electron chi connectivity index (χ3n) is 3.97. The van der Waals surface area contributed by atoms with Crippen molar-refractivity contribution < 1.29 is 4.92 Å². The molecule has 1 heterocycles. The van der Waals surface area contributed by atoms with Gasteiger partial charge < -0.3 is 10.2 Å². The predicted octanol–water partition coefficient (Wildman–Crippen LogP) is 3.19. The Hall–Kier alpha value is -1.62. The van der Waals surface area contributed by atoms with Gasteiger partial charge in [0.15, 0.2) is 0 Å². The van der Waals surface area contributed by atoms with Crippen molar-refractivity contribution in [2.45, 2.75) is 45.7 Å². The molecule has 0 unspecified atom stereocenters. The summed E-state index contributed by atoms with van der Waals surface area (Å²) in [6.45, 7) is 8.47. The molecule has 1 aromatic carbocycles. The third-order valence-corrected chi connectivity index (χ3v) is 3.97. The van der Waals surface area contributed by atoms with Crippen molar-refractivity contribution in [1.29, 1.82) is 0 Å². The molecule has 0 spiro atoms. The third kappa shape index (κ3) is 3.48. The van der Waals surface area contributed by atoms with Crippen LogP contribution in [0, 0.1) is 17.0 Å². The maximum absolute atomic E-state index is 11.1. The molecule has 110 valence electrons. The normalized spacial score (nSPS) is 17.4. The lowest BCUT2D eigenvalue weighted by Crippen LogP contribution is -2.42. The summed E-state index contributed by atoms with van der Waals surface area (Å²) in [5.74, 6) is 0. The van der Waals surface area contributed by atoms with Crippen LogP contribution in [0.1, 0.15) is 32.3 Å². The molecule has 0 radical (unpaired) electrons. The zero-order valence-corrected chi connectivity index (χ0v) is 12.4. The van der Waals surface area contributed by atoms with E-state index in [2.05, 4.69) is 24.1 Å². The number of nitrogens with zero attached hydrogens (tertiary/aromatic N) is 2. The van der Waals surface area contributed by atoms with E-state index in [1.807, 2.05) is 13.0 Å². The van der Waals surface area contributed by atoms with E-state index < -0.39 is 0 Å². The summed E-state index contributed by atoms with van der Waals surface area (Å²) >= 11 is 0. The van der Waals surface area contributed by atoms with Crippen molar-refractivity contribution in [3.05, 3.63) is 33.9 Å². The van der Waals surface area contributed by atoms with E-state index in [1.54, 1.807) is 12.1 Å². The van der Waals surface area contributed by atoms with E-state index in [4.69, 9.17) is 0 Å². The minimum Gasteiger partial charge on any atom is -0.377 e. The predicted molar refractivity (Wildman–Crippen MR) is 81.2 cm³/mol. The Balaban J connectivity index is 2.04. The summed E-state index contributed by atoms with van der Waals surface area (Å²) in [5, 5.41) is 14.4.